The highest BCUT2D eigenvalue weighted by molar-refractivity contribution is 5.37. The number of aryl methyl sites for hydroxylation is 2. The molecule has 4 nitrogen and oxygen atoms in total. The predicted molar refractivity (Wildman–Crippen MR) is 77.5 cm³/mol. The molecule has 0 atom stereocenters. The second-order valence-corrected chi connectivity index (χ2v) is 6.16. The van der Waals surface area contributed by atoms with Gasteiger partial charge in [-0.2, -0.15) is 0 Å². The van der Waals surface area contributed by atoms with Gasteiger partial charge in [0.05, 0.1) is 6.10 Å². The molecule has 0 spiro atoms. The van der Waals surface area contributed by atoms with E-state index in [2.05, 4.69) is 42.6 Å². The third-order valence-corrected chi connectivity index (χ3v) is 3.97. The largest absolute Gasteiger partial charge is 0.393 e. The highest BCUT2D eigenvalue weighted by atomic mass is 16.3. The van der Waals surface area contributed by atoms with Crippen LogP contribution in [0.1, 0.15) is 43.6 Å². The van der Waals surface area contributed by atoms with Crippen LogP contribution in [0.2, 0.25) is 0 Å². The van der Waals surface area contributed by atoms with Crippen LogP contribution < -0.4 is 4.90 Å². The zero-order chi connectivity index (χ0) is 14.2. The molecular weight excluding hydrogens is 238 g/mol. The summed E-state index contributed by atoms with van der Waals surface area (Å²) in [5.74, 6) is 1.41. The molecule has 0 aromatic carbocycles. The standard InChI is InChI=1S/C15H25N3O/c1-9(2)6-14-10(3)16-15(17-11(14)4)18(5)12-7-13(19)8-12/h9,12-13,19H,6-8H2,1-5H3. The second-order valence-electron chi connectivity index (χ2n) is 6.16. The minimum Gasteiger partial charge on any atom is -0.393 e. The average Bonchev–Trinajstić information content (AvgIpc) is 2.28. The number of aliphatic hydroxyl groups is 1. The van der Waals surface area contributed by atoms with Crippen LogP contribution in [0, 0.1) is 19.8 Å². The topological polar surface area (TPSA) is 49.2 Å². The Hall–Kier alpha value is -1.16. The summed E-state index contributed by atoms with van der Waals surface area (Å²) in [5.41, 5.74) is 3.45. The van der Waals surface area contributed by atoms with Gasteiger partial charge >= 0.3 is 0 Å². The van der Waals surface area contributed by atoms with Crippen molar-refractivity contribution in [1.82, 2.24) is 9.97 Å². The summed E-state index contributed by atoms with van der Waals surface area (Å²) in [6, 6.07) is 0.379. The third-order valence-electron chi connectivity index (χ3n) is 3.97. The number of aromatic nitrogens is 2. The van der Waals surface area contributed by atoms with Gasteiger partial charge in [-0.1, -0.05) is 13.8 Å². The lowest BCUT2D eigenvalue weighted by Crippen LogP contribution is -2.46. The fourth-order valence-electron chi connectivity index (χ4n) is 2.62. The van der Waals surface area contributed by atoms with E-state index in [-0.39, 0.29) is 6.10 Å². The van der Waals surface area contributed by atoms with Crippen LogP contribution in [0.3, 0.4) is 0 Å². The van der Waals surface area contributed by atoms with Crippen molar-refractivity contribution >= 4 is 5.95 Å². The van der Waals surface area contributed by atoms with Gasteiger partial charge in [-0.3, -0.25) is 0 Å². The van der Waals surface area contributed by atoms with E-state index in [0.717, 1.165) is 36.6 Å². The Morgan fingerprint density at radius 3 is 2.16 bits per heavy atom. The van der Waals surface area contributed by atoms with Gasteiger partial charge in [0.15, 0.2) is 0 Å². The highest BCUT2D eigenvalue weighted by Gasteiger charge is 2.32. The van der Waals surface area contributed by atoms with Gasteiger partial charge < -0.3 is 10.0 Å². The Morgan fingerprint density at radius 1 is 1.21 bits per heavy atom. The smallest absolute Gasteiger partial charge is 0.225 e. The van der Waals surface area contributed by atoms with E-state index < -0.39 is 0 Å². The summed E-state index contributed by atoms with van der Waals surface area (Å²) in [6.45, 7) is 8.57. The monoisotopic (exact) mass is 263 g/mol. The zero-order valence-corrected chi connectivity index (χ0v) is 12.6. The van der Waals surface area contributed by atoms with Crippen molar-refractivity contribution in [2.24, 2.45) is 5.92 Å². The van der Waals surface area contributed by atoms with Crippen molar-refractivity contribution < 1.29 is 5.11 Å². The van der Waals surface area contributed by atoms with Gasteiger partial charge in [0.25, 0.3) is 0 Å². The molecule has 1 N–H and O–H groups in total. The first kappa shape index (κ1) is 14.3. The molecule has 1 aromatic rings. The first-order valence-electron chi connectivity index (χ1n) is 7.13. The molecule has 0 bridgehead atoms. The van der Waals surface area contributed by atoms with Crippen molar-refractivity contribution in [3.8, 4) is 0 Å². The fraction of sp³-hybridized carbons (Fsp3) is 0.733. The maximum Gasteiger partial charge on any atom is 0.225 e. The van der Waals surface area contributed by atoms with Crippen LogP contribution in [0.4, 0.5) is 5.95 Å². The van der Waals surface area contributed by atoms with Gasteiger partial charge in [0, 0.05) is 24.5 Å². The Labute approximate surface area is 115 Å². The predicted octanol–water partition coefficient (Wildman–Crippen LogP) is 2.25. The number of hydrogen-bond acceptors (Lipinski definition) is 4. The van der Waals surface area contributed by atoms with Crippen molar-refractivity contribution in [2.75, 3.05) is 11.9 Å². The molecule has 1 aromatic heterocycles. The molecule has 2 rings (SSSR count). The molecule has 1 heterocycles. The molecule has 1 aliphatic rings. The molecule has 0 amide bonds. The Kier molecular flexibility index (Phi) is 4.09. The SMILES string of the molecule is Cc1nc(N(C)C2CC(O)C2)nc(C)c1CC(C)C. The van der Waals surface area contributed by atoms with Gasteiger partial charge in [0.1, 0.15) is 0 Å². The minimum atomic E-state index is -0.144. The quantitative estimate of drug-likeness (QED) is 0.905. The second kappa shape index (κ2) is 5.45. The average molecular weight is 263 g/mol. The normalized spacial score (nSPS) is 22.5. The molecular formula is C15H25N3O. The van der Waals surface area contributed by atoms with Crippen LogP contribution in [0.5, 0.6) is 0 Å². The van der Waals surface area contributed by atoms with E-state index in [1.165, 1.54) is 5.56 Å². The van der Waals surface area contributed by atoms with E-state index in [4.69, 9.17) is 0 Å². The molecule has 0 unspecified atom stereocenters. The van der Waals surface area contributed by atoms with E-state index >= 15 is 0 Å². The van der Waals surface area contributed by atoms with Crippen LogP contribution >= 0.6 is 0 Å². The molecule has 0 saturated heterocycles. The number of nitrogens with zero attached hydrogens (tertiary/aromatic N) is 3. The summed E-state index contributed by atoms with van der Waals surface area (Å²) in [5, 5.41) is 9.40. The van der Waals surface area contributed by atoms with Gasteiger partial charge in [-0.15, -0.1) is 0 Å². The third kappa shape index (κ3) is 3.06. The lowest BCUT2D eigenvalue weighted by atomic mass is 9.88. The van der Waals surface area contributed by atoms with Crippen molar-refractivity contribution in [3.05, 3.63) is 17.0 Å². The molecule has 0 aliphatic heterocycles. The van der Waals surface area contributed by atoms with Crippen molar-refractivity contribution in [1.29, 1.82) is 0 Å². The summed E-state index contributed by atoms with van der Waals surface area (Å²) < 4.78 is 0. The van der Waals surface area contributed by atoms with Crippen LogP contribution in [0.15, 0.2) is 0 Å². The first-order chi connectivity index (χ1) is 8.88. The molecule has 1 saturated carbocycles. The number of aliphatic hydroxyl groups excluding tert-OH is 1. The highest BCUT2D eigenvalue weighted by Crippen LogP contribution is 2.28. The maximum atomic E-state index is 9.40. The van der Waals surface area contributed by atoms with Crippen molar-refractivity contribution in [2.45, 2.75) is 59.1 Å². The summed E-state index contributed by atoms with van der Waals surface area (Å²) in [4.78, 5) is 11.4. The maximum absolute atomic E-state index is 9.40. The Balaban J connectivity index is 2.19. The lowest BCUT2D eigenvalue weighted by molar-refractivity contribution is 0.0746. The Bertz CT molecular complexity index is 430. The Morgan fingerprint density at radius 2 is 1.74 bits per heavy atom. The molecule has 106 valence electrons. The van der Waals surface area contributed by atoms with E-state index in [0.29, 0.717) is 12.0 Å². The fourth-order valence-corrected chi connectivity index (χ4v) is 2.62. The van der Waals surface area contributed by atoms with Gasteiger partial charge in [-0.05, 0) is 44.6 Å². The van der Waals surface area contributed by atoms with Crippen LogP contribution in [-0.2, 0) is 6.42 Å². The van der Waals surface area contributed by atoms with Crippen molar-refractivity contribution in [3.63, 3.8) is 0 Å². The van der Waals surface area contributed by atoms with E-state index in [9.17, 15) is 5.11 Å². The zero-order valence-electron chi connectivity index (χ0n) is 12.6. The molecule has 4 heteroatoms. The molecule has 0 radical (unpaired) electrons. The molecule has 19 heavy (non-hydrogen) atoms. The van der Waals surface area contributed by atoms with E-state index in [1.807, 2.05) is 7.05 Å². The number of hydrogen-bond donors (Lipinski definition) is 1. The number of anilines is 1. The lowest BCUT2D eigenvalue weighted by Gasteiger charge is -2.38. The van der Waals surface area contributed by atoms with Crippen LogP contribution in [0.25, 0.3) is 0 Å². The molecule has 1 fully saturated rings. The minimum absolute atomic E-state index is 0.144. The van der Waals surface area contributed by atoms with E-state index in [1.54, 1.807) is 0 Å². The number of rotatable bonds is 4. The van der Waals surface area contributed by atoms with Gasteiger partial charge in [-0.25, -0.2) is 9.97 Å². The first-order valence-corrected chi connectivity index (χ1v) is 7.13. The summed E-state index contributed by atoms with van der Waals surface area (Å²) >= 11 is 0. The van der Waals surface area contributed by atoms with Crippen LogP contribution in [-0.4, -0.2) is 34.3 Å². The summed E-state index contributed by atoms with van der Waals surface area (Å²) in [6.07, 6.45) is 2.54. The summed E-state index contributed by atoms with van der Waals surface area (Å²) in [7, 11) is 2.02. The van der Waals surface area contributed by atoms with Gasteiger partial charge in [0.2, 0.25) is 5.95 Å². The molecule has 1 aliphatic carbocycles.